The molecule has 0 fully saturated rings. The van der Waals surface area contributed by atoms with Crippen molar-refractivity contribution < 1.29 is 33.3 Å². The van der Waals surface area contributed by atoms with Gasteiger partial charge in [0, 0.05) is 56.1 Å². The quantitative estimate of drug-likeness (QED) is 0.175. The number of benzene rings is 3. The SMILES string of the molecule is Fc1c[c-]c(-c2ccccn2)cc1.Fc1c[c-]c(-c2ccccn2)cc1.Fc1c[c-]c(-c2ccccn2)cc1.[Ir]. The van der Waals surface area contributed by atoms with Gasteiger partial charge in [0.05, 0.1) is 0 Å². The van der Waals surface area contributed by atoms with E-state index in [1.807, 2.05) is 54.6 Å². The van der Waals surface area contributed by atoms with Crippen molar-refractivity contribution >= 4 is 0 Å². The van der Waals surface area contributed by atoms with E-state index in [2.05, 4.69) is 33.2 Å². The average Bonchev–Trinajstić information content (AvgIpc) is 3.00. The number of nitrogens with zero attached hydrogens (tertiary/aromatic N) is 3. The summed E-state index contributed by atoms with van der Waals surface area (Å²) in [6, 6.07) is 38.4. The van der Waals surface area contributed by atoms with Crippen molar-refractivity contribution in [1.82, 2.24) is 15.0 Å². The van der Waals surface area contributed by atoms with Gasteiger partial charge in [-0.3, -0.25) is 13.2 Å². The van der Waals surface area contributed by atoms with Crippen LogP contribution < -0.4 is 0 Å². The van der Waals surface area contributed by atoms with Crippen LogP contribution >= 0.6 is 0 Å². The summed E-state index contributed by atoms with van der Waals surface area (Å²) < 4.78 is 37.7. The second-order valence-corrected chi connectivity index (χ2v) is 7.91. The van der Waals surface area contributed by atoms with Crippen molar-refractivity contribution in [3.8, 4) is 33.8 Å². The molecule has 0 bridgehead atoms. The van der Waals surface area contributed by atoms with E-state index >= 15 is 0 Å². The molecule has 3 nitrogen and oxygen atoms in total. The van der Waals surface area contributed by atoms with Gasteiger partial charge in [-0.15, -0.1) is 89.5 Å². The van der Waals surface area contributed by atoms with Crippen LogP contribution in [0, 0.1) is 35.7 Å². The third-order valence-electron chi connectivity index (χ3n) is 5.15. The molecule has 0 aliphatic carbocycles. The van der Waals surface area contributed by atoms with E-state index in [0.717, 1.165) is 33.8 Å². The van der Waals surface area contributed by atoms with Crippen LogP contribution in [0.3, 0.4) is 0 Å². The first-order chi connectivity index (χ1) is 19.1. The number of halogens is 3. The van der Waals surface area contributed by atoms with Crippen molar-refractivity contribution in [2.24, 2.45) is 0 Å². The predicted octanol–water partition coefficient (Wildman–Crippen LogP) is 8.06. The maximum absolute atomic E-state index is 12.6. The minimum Gasteiger partial charge on any atom is -0.305 e. The van der Waals surface area contributed by atoms with Gasteiger partial charge in [0.1, 0.15) is 0 Å². The Balaban J connectivity index is 0.000000163. The molecule has 0 spiro atoms. The van der Waals surface area contributed by atoms with Crippen molar-refractivity contribution in [2.75, 3.05) is 0 Å². The first kappa shape index (κ1) is 30.1. The fraction of sp³-hybridized carbons (Fsp3) is 0. The Morgan fingerprint density at radius 3 is 0.900 bits per heavy atom. The fourth-order valence-electron chi connectivity index (χ4n) is 3.26. The summed E-state index contributed by atoms with van der Waals surface area (Å²) in [6.45, 7) is 0. The van der Waals surface area contributed by atoms with E-state index in [1.165, 1.54) is 36.4 Å². The van der Waals surface area contributed by atoms with Crippen molar-refractivity contribution in [2.45, 2.75) is 0 Å². The Bertz CT molecular complexity index is 1340. The third kappa shape index (κ3) is 9.38. The summed E-state index contributed by atoms with van der Waals surface area (Å²) in [4.78, 5) is 12.4. The molecule has 3 aromatic heterocycles. The summed E-state index contributed by atoms with van der Waals surface area (Å²) in [6.07, 6.45) is 5.10. The number of hydrogen-bond acceptors (Lipinski definition) is 3. The molecule has 40 heavy (non-hydrogen) atoms. The molecule has 201 valence electrons. The van der Waals surface area contributed by atoms with Gasteiger partial charge in [0.25, 0.3) is 0 Å². The Labute approximate surface area is 244 Å². The van der Waals surface area contributed by atoms with Gasteiger partial charge >= 0.3 is 0 Å². The number of hydrogen-bond donors (Lipinski definition) is 0. The molecule has 0 aliphatic heterocycles. The molecule has 3 aromatic carbocycles. The summed E-state index contributed by atoms with van der Waals surface area (Å²) >= 11 is 0. The largest absolute Gasteiger partial charge is 0.305 e. The van der Waals surface area contributed by atoms with E-state index in [1.54, 1.807) is 36.8 Å². The molecular weight excluding hydrogens is 688 g/mol. The Kier molecular flexibility index (Phi) is 11.9. The van der Waals surface area contributed by atoms with E-state index in [0.29, 0.717) is 0 Å². The van der Waals surface area contributed by atoms with Crippen LogP contribution in [-0.2, 0) is 20.1 Å². The van der Waals surface area contributed by atoms with Crippen LogP contribution in [0.1, 0.15) is 0 Å². The zero-order valence-corrected chi connectivity index (χ0v) is 23.3. The van der Waals surface area contributed by atoms with Gasteiger partial charge in [-0.25, -0.2) is 0 Å². The van der Waals surface area contributed by atoms with Crippen molar-refractivity contribution in [1.29, 1.82) is 0 Å². The molecule has 6 rings (SSSR count). The van der Waals surface area contributed by atoms with Crippen LogP contribution in [-0.4, -0.2) is 15.0 Å². The Morgan fingerprint density at radius 1 is 0.400 bits per heavy atom. The van der Waals surface area contributed by atoms with Gasteiger partial charge < -0.3 is 15.0 Å². The molecule has 0 atom stereocenters. The van der Waals surface area contributed by atoms with Crippen LogP contribution in [0.4, 0.5) is 13.2 Å². The molecule has 3 heterocycles. The first-order valence-electron chi connectivity index (χ1n) is 11.8. The van der Waals surface area contributed by atoms with E-state index in [-0.39, 0.29) is 37.6 Å². The van der Waals surface area contributed by atoms with Gasteiger partial charge in [-0.2, -0.15) is 0 Å². The summed E-state index contributed by atoms with van der Waals surface area (Å²) in [7, 11) is 0. The van der Waals surface area contributed by atoms with E-state index < -0.39 is 0 Å². The van der Waals surface area contributed by atoms with Gasteiger partial charge in [0.15, 0.2) is 0 Å². The maximum Gasteiger partial charge on any atom is 0.0379 e. The molecule has 0 unspecified atom stereocenters. The van der Waals surface area contributed by atoms with E-state index in [4.69, 9.17) is 0 Å². The molecular formula is C33H21F3IrN3-3. The minimum atomic E-state index is -0.278. The molecule has 7 heteroatoms. The molecule has 0 saturated heterocycles. The first-order valence-corrected chi connectivity index (χ1v) is 11.8. The number of rotatable bonds is 3. The summed E-state index contributed by atoms with van der Waals surface area (Å²) in [5, 5.41) is 0. The maximum atomic E-state index is 12.6. The second kappa shape index (κ2) is 15.8. The standard InChI is InChI=1S/3C11H7FN.Ir/c3*12-10-6-4-9(5-7-10)11-3-1-2-8-13-11;/h3*1-4,6-8H;/q3*-1;. The van der Waals surface area contributed by atoms with Gasteiger partial charge in [-0.1, -0.05) is 36.4 Å². The van der Waals surface area contributed by atoms with Gasteiger partial charge in [0.2, 0.25) is 0 Å². The topological polar surface area (TPSA) is 38.7 Å². The van der Waals surface area contributed by atoms with E-state index in [9.17, 15) is 13.2 Å². The summed E-state index contributed by atoms with van der Waals surface area (Å²) in [5.41, 5.74) is 4.85. The van der Waals surface area contributed by atoms with Crippen LogP contribution in [0.25, 0.3) is 33.8 Å². The molecule has 0 amide bonds. The monoisotopic (exact) mass is 709 g/mol. The predicted molar refractivity (Wildman–Crippen MR) is 145 cm³/mol. The molecule has 6 aromatic rings. The zero-order valence-electron chi connectivity index (χ0n) is 20.9. The molecule has 1 radical (unpaired) electrons. The summed E-state index contributed by atoms with van der Waals surface area (Å²) in [5.74, 6) is -0.834. The number of aromatic nitrogens is 3. The van der Waals surface area contributed by atoms with Crippen LogP contribution in [0.2, 0.25) is 0 Å². The second-order valence-electron chi connectivity index (χ2n) is 7.91. The Morgan fingerprint density at radius 2 is 0.700 bits per heavy atom. The smallest absolute Gasteiger partial charge is 0.0379 e. The third-order valence-corrected chi connectivity index (χ3v) is 5.15. The van der Waals surface area contributed by atoms with Crippen LogP contribution in [0.15, 0.2) is 128 Å². The van der Waals surface area contributed by atoms with Gasteiger partial charge in [-0.05, 0) is 35.3 Å². The van der Waals surface area contributed by atoms with Crippen LogP contribution in [0.5, 0.6) is 0 Å². The number of pyridine rings is 3. The minimum absolute atomic E-state index is 0. The van der Waals surface area contributed by atoms with Crippen molar-refractivity contribution in [3.05, 3.63) is 163 Å². The normalized spacial score (nSPS) is 9.68. The molecule has 0 saturated carbocycles. The Hall–Kier alpha value is -4.45. The molecule has 0 aliphatic rings. The van der Waals surface area contributed by atoms with Crippen molar-refractivity contribution in [3.63, 3.8) is 0 Å². The zero-order chi connectivity index (χ0) is 27.3. The molecule has 0 N–H and O–H groups in total. The fourth-order valence-corrected chi connectivity index (χ4v) is 3.26. The average molecular weight is 709 g/mol.